The van der Waals surface area contributed by atoms with E-state index in [9.17, 15) is 0 Å². The summed E-state index contributed by atoms with van der Waals surface area (Å²) >= 11 is 0. The van der Waals surface area contributed by atoms with Gasteiger partial charge in [-0.1, -0.05) is 39.7 Å². The molecule has 0 amide bonds. The van der Waals surface area contributed by atoms with Gasteiger partial charge in [0, 0.05) is 0 Å². The fraction of sp³-hybridized carbons (Fsp3) is 0.920. The third-order valence-corrected chi connectivity index (χ3v) is 10.6. The smallest absolute Gasteiger partial charge is 0.00436 e. The predicted octanol–water partition coefficient (Wildman–Crippen LogP) is 6.58. The van der Waals surface area contributed by atoms with Gasteiger partial charge >= 0.3 is 0 Å². The maximum atomic E-state index is 6.27. The van der Waals surface area contributed by atoms with Gasteiger partial charge in [-0.3, -0.25) is 0 Å². The van der Waals surface area contributed by atoms with Crippen LogP contribution in [0.2, 0.25) is 0 Å². The van der Waals surface area contributed by atoms with E-state index in [1.807, 2.05) is 0 Å². The lowest BCUT2D eigenvalue weighted by molar-refractivity contribution is -0.176. The van der Waals surface area contributed by atoms with Crippen LogP contribution in [0.3, 0.4) is 0 Å². The lowest BCUT2D eigenvalue weighted by Crippen LogP contribution is -2.60. The predicted molar refractivity (Wildman–Crippen MR) is 112 cm³/mol. The van der Waals surface area contributed by atoms with Crippen LogP contribution >= 0.6 is 0 Å². The molecular weight excluding hydrogens is 314 g/mol. The summed E-state index contributed by atoms with van der Waals surface area (Å²) in [5.74, 6) is 4.51. The number of allylic oxidation sites excluding steroid dienone is 1. The first-order chi connectivity index (χ1) is 12.5. The summed E-state index contributed by atoms with van der Waals surface area (Å²) in [6.07, 6.45) is 18.2. The highest BCUT2D eigenvalue weighted by Crippen LogP contribution is 2.71. The Morgan fingerprint density at radius 1 is 1.04 bits per heavy atom. The fourth-order valence-electron chi connectivity index (χ4n) is 9.27. The van der Waals surface area contributed by atoms with E-state index in [1.165, 1.54) is 70.6 Å². The van der Waals surface area contributed by atoms with E-state index in [4.69, 9.17) is 5.73 Å². The average molecular weight is 358 g/mol. The second-order valence-electron chi connectivity index (χ2n) is 11.0. The van der Waals surface area contributed by atoms with Gasteiger partial charge in [0.1, 0.15) is 0 Å². The number of hydrogen-bond acceptors (Lipinski definition) is 1. The molecular formula is C25H43N. The molecule has 4 aliphatic carbocycles. The average Bonchev–Trinajstić information content (AvgIpc) is 2.66. The van der Waals surface area contributed by atoms with Crippen molar-refractivity contribution in [1.29, 1.82) is 0 Å². The quantitative estimate of drug-likeness (QED) is 0.567. The molecule has 2 N–H and O–H groups in total. The van der Waals surface area contributed by atoms with Crippen molar-refractivity contribution in [2.45, 2.75) is 91.4 Å². The molecule has 0 spiro atoms. The first-order valence-electron chi connectivity index (χ1n) is 11.8. The van der Waals surface area contributed by atoms with Crippen LogP contribution in [0.4, 0.5) is 0 Å². The highest BCUT2D eigenvalue weighted by atomic mass is 14.7. The summed E-state index contributed by atoms with van der Waals surface area (Å²) in [7, 11) is 0. The Morgan fingerprint density at radius 3 is 2.54 bits per heavy atom. The summed E-state index contributed by atoms with van der Waals surface area (Å²) in [5, 5.41) is 0. The van der Waals surface area contributed by atoms with Crippen LogP contribution in [-0.4, -0.2) is 6.54 Å². The molecule has 4 fully saturated rings. The van der Waals surface area contributed by atoms with Crippen molar-refractivity contribution in [3.8, 4) is 0 Å². The molecule has 26 heavy (non-hydrogen) atoms. The van der Waals surface area contributed by atoms with Crippen molar-refractivity contribution in [2.24, 2.45) is 51.6 Å². The highest BCUT2D eigenvalue weighted by Gasteiger charge is 2.63. The molecule has 1 heteroatoms. The van der Waals surface area contributed by atoms with Crippen molar-refractivity contribution in [3.63, 3.8) is 0 Å². The van der Waals surface area contributed by atoms with E-state index in [0.29, 0.717) is 16.2 Å². The largest absolute Gasteiger partial charge is 0.330 e. The van der Waals surface area contributed by atoms with Crippen LogP contribution < -0.4 is 5.73 Å². The molecule has 0 radical (unpaired) electrons. The molecule has 1 nitrogen and oxygen atoms in total. The molecule has 0 saturated heterocycles. The minimum absolute atomic E-state index is 0.427. The van der Waals surface area contributed by atoms with Crippen LogP contribution in [0.1, 0.15) is 91.4 Å². The lowest BCUT2D eigenvalue weighted by atomic mass is 9.37. The van der Waals surface area contributed by atoms with Gasteiger partial charge in [0.2, 0.25) is 0 Å². The van der Waals surface area contributed by atoms with E-state index in [0.717, 1.165) is 36.1 Å². The standard InChI is InChI=1S/C25H43N/c1-5-24-14-11-20-21-9-7-8-19(17-26)23(21,4)13-12-22(20)25(24,6-2)15-10-18(3)16-24/h5,18-22H,1,6-17,26H2,2-4H3/t18-,19+,20-,21?,22?,23+,24+,25+/m0/s1. The molecule has 0 aliphatic heterocycles. The Morgan fingerprint density at radius 2 is 1.85 bits per heavy atom. The van der Waals surface area contributed by atoms with Gasteiger partial charge in [0.25, 0.3) is 0 Å². The molecule has 0 bridgehead atoms. The number of hydrogen-bond donors (Lipinski definition) is 1. The molecule has 0 aromatic carbocycles. The van der Waals surface area contributed by atoms with E-state index in [1.54, 1.807) is 0 Å². The Balaban J connectivity index is 1.71. The van der Waals surface area contributed by atoms with Crippen molar-refractivity contribution in [1.82, 2.24) is 0 Å². The third-order valence-electron chi connectivity index (χ3n) is 10.6. The topological polar surface area (TPSA) is 26.0 Å². The van der Waals surface area contributed by atoms with E-state index in [-0.39, 0.29) is 0 Å². The Kier molecular flexibility index (Phi) is 4.86. The van der Waals surface area contributed by atoms with Crippen LogP contribution in [0.5, 0.6) is 0 Å². The van der Waals surface area contributed by atoms with Crippen molar-refractivity contribution in [2.75, 3.05) is 6.54 Å². The van der Waals surface area contributed by atoms with E-state index >= 15 is 0 Å². The zero-order valence-electron chi connectivity index (χ0n) is 17.7. The van der Waals surface area contributed by atoms with Gasteiger partial charge in [0.05, 0.1) is 0 Å². The highest BCUT2D eigenvalue weighted by molar-refractivity contribution is 5.18. The molecule has 148 valence electrons. The van der Waals surface area contributed by atoms with Gasteiger partial charge in [-0.25, -0.2) is 0 Å². The second kappa shape index (κ2) is 6.64. The molecule has 4 aliphatic rings. The molecule has 4 rings (SSSR count). The van der Waals surface area contributed by atoms with E-state index < -0.39 is 0 Å². The van der Waals surface area contributed by atoms with Gasteiger partial charge < -0.3 is 5.73 Å². The molecule has 0 aromatic rings. The molecule has 0 heterocycles. The maximum absolute atomic E-state index is 6.27. The molecule has 2 unspecified atom stereocenters. The Hall–Kier alpha value is -0.300. The Labute approximate surface area is 162 Å². The van der Waals surface area contributed by atoms with Crippen LogP contribution in [0.25, 0.3) is 0 Å². The first kappa shape index (κ1) is 19.0. The van der Waals surface area contributed by atoms with Crippen molar-refractivity contribution < 1.29 is 0 Å². The van der Waals surface area contributed by atoms with Gasteiger partial charge in [-0.2, -0.15) is 0 Å². The monoisotopic (exact) mass is 357 g/mol. The fourth-order valence-corrected chi connectivity index (χ4v) is 9.27. The summed E-state index contributed by atoms with van der Waals surface area (Å²) in [4.78, 5) is 0. The number of fused-ring (bicyclic) bond motifs is 5. The van der Waals surface area contributed by atoms with Gasteiger partial charge in [0.15, 0.2) is 0 Å². The third kappa shape index (κ3) is 2.38. The van der Waals surface area contributed by atoms with Gasteiger partial charge in [-0.05, 0) is 110 Å². The van der Waals surface area contributed by atoms with E-state index in [2.05, 4.69) is 33.4 Å². The van der Waals surface area contributed by atoms with Crippen molar-refractivity contribution >= 4 is 0 Å². The minimum atomic E-state index is 0.427. The zero-order valence-corrected chi connectivity index (χ0v) is 17.7. The van der Waals surface area contributed by atoms with Crippen LogP contribution in [-0.2, 0) is 0 Å². The van der Waals surface area contributed by atoms with Gasteiger partial charge in [-0.15, -0.1) is 6.58 Å². The summed E-state index contributed by atoms with van der Waals surface area (Å²) < 4.78 is 0. The number of nitrogens with two attached hydrogens (primary N) is 1. The normalized spacial score (nSPS) is 53.9. The first-order valence-corrected chi connectivity index (χ1v) is 11.8. The summed E-state index contributed by atoms with van der Waals surface area (Å²) in [6.45, 7) is 13.0. The minimum Gasteiger partial charge on any atom is -0.330 e. The summed E-state index contributed by atoms with van der Waals surface area (Å²) in [5.41, 5.74) is 7.76. The van der Waals surface area contributed by atoms with Crippen molar-refractivity contribution in [3.05, 3.63) is 12.7 Å². The van der Waals surface area contributed by atoms with Crippen LogP contribution in [0, 0.1) is 45.8 Å². The zero-order chi connectivity index (χ0) is 18.6. The molecule has 4 saturated carbocycles. The summed E-state index contributed by atoms with van der Waals surface area (Å²) in [6, 6.07) is 0. The molecule has 8 atom stereocenters. The maximum Gasteiger partial charge on any atom is -0.00436 e. The number of rotatable bonds is 3. The Bertz CT molecular complexity index is 540. The lowest BCUT2D eigenvalue weighted by Gasteiger charge is -2.68. The second-order valence-corrected chi connectivity index (χ2v) is 11.0. The van der Waals surface area contributed by atoms with Crippen LogP contribution in [0.15, 0.2) is 12.7 Å². The SMILES string of the molecule is C=C[C@]12CC[C@@H]3C(CC[C@@]4(C)C3CCC[C@@H]4CN)[C@@]1(CC)CC[C@H](C)C2. The molecule has 0 aromatic heterocycles.